The molecule has 4 nitrogen and oxygen atoms in total. The molecule has 1 heterocycles. The molecule has 0 aliphatic heterocycles. The van der Waals surface area contributed by atoms with Gasteiger partial charge in [-0.1, -0.05) is 25.6 Å². The molecule has 1 atom stereocenters. The van der Waals surface area contributed by atoms with Gasteiger partial charge in [0.1, 0.15) is 10.8 Å². The third-order valence-corrected chi connectivity index (χ3v) is 2.64. The van der Waals surface area contributed by atoms with Crippen LogP contribution >= 0.6 is 12.2 Å². The smallest absolute Gasteiger partial charge is 0.136 e. The third-order valence-electron chi connectivity index (χ3n) is 2.42. The minimum Gasteiger partial charge on any atom is -0.389 e. The van der Waals surface area contributed by atoms with Gasteiger partial charge < -0.3 is 15.8 Å². The van der Waals surface area contributed by atoms with Gasteiger partial charge in [0.05, 0.1) is 18.2 Å². The van der Waals surface area contributed by atoms with E-state index in [1.807, 2.05) is 12.1 Å². The van der Waals surface area contributed by atoms with Crippen molar-refractivity contribution < 1.29 is 4.74 Å². The van der Waals surface area contributed by atoms with E-state index < -0.39 is 0 Å². The molecule has 0 bridgehead atoms. The number of nitrogens with two attached hydrogens (primary N) is 1. The topological polar surface area (TPSA) is 60.2 Å². The lowest BCUT2D eigenvalue weighted by atomic mass is 10.1. The molecule has 0 aliphatic carbocycles. The highest BCUT2D eigenvalue weighted by Gasteiger charge is 2.11. The molecule has 0 saturated carbocycles. The number of nitrogens with zero attached hydrogens (tertiary/aromatic N) is 1. The van der Waals surface area contributed by atoms with Gasteiger partial charge in [0, 0.05) is 13.3 Å². The predicted octanol–water partition coefficient (Wildman–Crippen LogP) is 1.94. The number of hydrogen-bond donors (Lipinski definition) is 2. The van der Waals surface area contributed by atoms with E-state index in [-0.39, 0.29) is 6.04 Å². The molecule has 5 heteroatoms. The first-order valence-corrected chi connectivity index (χ1v) is 6.10. The zero-order chi connectivity index (χ0) is 12.7. The lowest BCUT2D eigenvalue weighted by molar-refractivity contribution is 0.182. The Bertz CT molecular complexity index is 365. The van der Waals surface area contributed by atoms with Crippen LogP contribution in [0.4, 0.5) is 5.82 Å². The van der Waals surface area contributed by atoms with Crippen LogP contribution in [0.1, 0.15) is 25.3 Å². The van der Waals surface area contributed by atoms with Crippen molar-refractivity contribution in [2.24, 2.45) is 5.73 Å². The molecule has 94 valence electrons. The molecule has 0 aliphatic rings. The van der Waals surface area contributed by atoms with E-state index in [0.717, 1.165) is 24.2 Å². The number of thiocarbonyl (C=S) groups is 1. The molecule has 1 aromatic heterocycles. The van der Waals surface area contributed by atoms with Crippen LogP contribution in [0.2, 0.25) is 0 Å². The quantitative estimate of drug-likeness (QED) is 0.727. The summed E-state index contributed by atoms with van der Waals surface area (Å²) in [5.41, 5.74) is 6.44. The highest BCUT2D eigenvalue weighted by atomic mass is 32.1. The van der Waals surface area contributed by atoms with Gasteiger partial charge in [0.25, 0.3) is 0 Å². The summed E-state index contributed by atoms with van der Waals surface area (Å²) in [5, 5.41) is 3.33. The molecule has 0 aromatic carbocycles. The van der Waals surface area contributed by atoms with E-state index in [9.17, 15) is 0 Å². The van der Waals surface area contributed by atoms with Gasteiger partial charge in [0.2, 0.25) is 0 Å². The molecule has 0 spiro atoms. The van der Waals surface area contributed by atoms with Gasteiger partial charge in [-0.3, -0.25) is 0 Å². The van der Waals surface area contributed by atoms with Crippen LogP contribution in [0, 0.1) is 0 Å². The Balaban J connectivity index is 2.80. The number of rotatable bonds is 7. The van der Waals surface area contributed by atoms with Crippen LogP contribution in [-0.2, 0) is 4.74 Å². The molecule has 0 radical (unpaired) electrons. The summed E-state index contributed by atoms with van der Waals surface area (Å²) in [5.74, 6) is 0.732. The van der Waals surface area contributed by atoms with Crippen LogP contribution in [-0.4, -0.2) is 29.7 Å². The number of anilines is 1. The van der Waals surface area contributed by atoms with Gasteiger partial charge in [0.15, 0.2) is 0 Å². The summed E-state index contributed by atoms with van der Waals surface area (Å²) in [4.78, 5) is 4.62. The fraction of sp³-hybridized carbons (Fsp3) is 0.500. The Morgan fingerprint density at radius 2 is 2.41 bits per heavy atom. The maximum absolute atomic E-state index is 5.66. The van der Waals surface area contributed by atoms with Crippen LogP contribution in [0.25, 0.3) is 0 Å². The molecule has 0 saturated heterocycles. The van der Waals surface area contributed by atoms with Crippen molar-refractivity contribution in [3.05, 3.63) is 23.9 Å². The first kappa shape index (κ1) is 13.9. The second-order valence-corrected chi connectivity index (χ2v) is 4.29. The maximum Gasteiger partial charge on any atom is 0.136 e. The van der Waals surface area contributed by atoms with Crippen molar-refractivity contribution in [2.75, 3.05) is 19.0 Å². The molecule has 17 heavy (non-hydrogen) atoms. The molecular weight excluding hydrogens is 234 g/mol. The normalized spacial score (nSPS) is 12.1. The average molecular weight is 253 g/mol. The first-order valence-electron chi connectivity index (χ1n) is 5.69. The Kier molecular flexibility index (Phi) is 5.86. The average Bonchev–Trinajstić information content (AvgIpc) is 2.30. The number of methoxy groups -OCH3 is 1. The Hall–Kier alpha value is -1.20. The number of nitrogens with one attached hydrogen (secondary N) is 1. The monoisotopic (exact) mass is 253 g/mol. The minimum absolute atomic E-state index is 0.230. The lowest BCUT2D eigenvalue weighted by Gasteiger charge is -2.19. The van der Waals surface area contributed by atoms with Crippen molar-refractivity contribution >= 4 is 23.0 Å². The van der Waals surface area contributed by atoms with E-state index >= 15 is 0 Å². The zero-order valence-electron chi connectivity index (χ0n) is 10.3. The second-order valence-electron chi connectivity index (χ2n) is 3.85. The highest BCUT2D eigenvalue weighted by molar-refractivity contribution is 7.80. The summed E-state index contributed by atoms with van der Waals surface area (Å²) < 4.78 is 5.17. The number of pyridine rings is 1. The summed E-state index contributed by atoms with van der Waals surface area (Å²) in [6, 6.07) is 3.92. The second kappa shape index (κ2) is 7.19. The SMILES string of the molecule is CCCC(COC)Nc1ncccc1C(N)=S. The van der Waals surface area contributed by atoms with Gasteiger partial charge in [-0.2, -0.15) is 0 Å². The Labute approximate surface area is 108 Å². The fourth-order valence-corrected chi connectivity index (χ4v) is 1.82. The number of hydrogen-bond acceptors (Lipinski definition) is 4. The van der Waals surface area contributed by atoms with Crippen LogP contribution < -0.4 is 11.1 Å². The van der Waals surface area contributed by atoms with Crippen molar-refractivity contribution in [3.8, 4) is 0 Å². The lowest BCUT2D eigenvalue weighted by Crippen LogP contribution is -2.27. The number of aromatic nitrogens is 1. The first-order chi connectivity index (χ1) is 8.19. The Morgan fingerprint density at radius 3 is 3.00 bits per heavy atom. The van der Waals surface area contributed by atoms with Gasteiger partial charge in [-0.25, -0.2) is 4.98 Å². The van der Waals surface area contributed by atoms with Gasteiger partial charge >= 0.3 is 0 Å². The van der Waals surface area contributed by atoms with Crippen molar-refractivity contribution in [3.63, 3.8) is 0 Å². The standard InChI is InChI=1S/C12H19N3OS/c1-3-5-9(8-16-2)15-12-10(11(13)17)6-4-7-14-12/h4,6-7,9H,3,5,8H2,1-2H3,(H2,13,17)(H,14,15). The summed E-state index contributed by atoms with van der Waals surface area (Å²) >= 11 is 5.00. The molecule has 1 unspecified atom stereocenters. The molecular formula is C12H19N3OS. The van der Waals surface area contributed by atoms with E-state index in [4.69, 9.17) is 22.7 Å². The molecule has 1 rings (SSSR count). The largest absolute Gasteiger partial charge is 0.389 e. The van der Waals surface area contributed by atoms with Gasteiger partial charge in [-0.15, -0.1) is 0 Å². The molecule has 3 N–H and O–H groups in total. The molecule has 0 fully saturated rings. The minimum atomic E-state index is 0.230. The van der Waals surface area contributed by atoms with Crippen molar-refractivity contribution in [2.45, 2.75) is 25.8 Å². The fourth-order valence-electron chi connectivity index (χ4n) is 1.66. The van der Waals surface area contributed by atoms with Crippen molar-refractivity contribution in [1.29, 1.82) is 0 Å². The van der Waals surface area contributed by atoms with Crippen molar-refractivity contribution in [1.82, 2.24) is 4.98 Å². The van der Waals surface area contributed by atoms with E-state index in [1.165, 1.54) is 0 Å². The van der Waals surface area contributed by atoms with E-state index in [0.29, 0.717) is 11.6 Å². The Morgan fingerprint density at radius 1 is 1.65 bits per heavy atom. The van der Waals surface area contributed by atoms with E-state index in [1.54, 1.807) is 13.3 Å². The summed E-state index contributed by atoms with van der Waals surface area (Å²) in [6.45, 7) is 2.78. The third kappa shape index (κ3) is 4.28. The molecule has 1 aromatic rings. The van der Waals surface area contributed by atoms with Crippen LogP contribution in [0.5, 0.6) is 0 Å². The zero-order valence-corrected chi connectivity index (χ0v) is 11.1. The number of ether oxygens (including phenoxy) is 1. The summed E-state index contributed by atoms with van der Waals surface area (Å²) in [7, 11) is 1.69. The maximum atomic E-state index is 5.66. The molecule has 0 amide bonds. The summed E-state index contributed by atoms with van der Waals surface area (Å²) in [6.07, 6.45) is 3.82. The van der Waals surface area contributed by atoms with Crippen LogP contribution in [0.3, 0.4) is 0 Å². The van der Waals surface area contributed by atoms with Crippen LogP contribution in [0.15, 0.2) is 18.3 Å². The van der Waals surface area contributed by atoms with E-state index in [2.05, 4.69) is 17.2 Å². The highest BCUT2D eigenvalue weighted by Crippen LogP contribution is 2.14. The van der Waals surface area contributed by atoms with Gasteiger partial charge in [-0.05, 0) is 18.6 Å². The predicted molar refractivity (Wildman–Crippen MR) is 74.3 cm³/mol.